The molecule has 0 saturated heterocycles. The summed E-state index contributed by atoms with van der Waals surface area (Å²) in [7, 11) is 0. The zero-order valence-electron chi connectivity index (χ0n) is 9.19. The van der Waals surface area contributed by atoms with Crippen molar-refractivity contribution >= 4 is 17.0 Å². The molecular weight excluding hydrogens is 204 g/mol. The molecular formula is C12H14N2O2. The fourth-order valence-corrected chi connectivity index (χ4v) is 1.46. The molecule has 0 radical (unpaired) electrons. The number of rotatable bonds is 4. The molecule has 84 valence electrons. The van der Waals surface area contributed by atoms with Gasteiger partial charge in [0.25, 0.3) is 0 Å². The monoisotopic (exact) mass is 218 g/mol. The molecule has 0 bridgehead atoms. The Hall–Kier alpha value is -1.84. The van der Waals surface area contributed by atoms with Crippen LogP contribution in [0.4, 0.5) is 0 Å². The fraction of sp³-hybridized carbons (Fsp3) is 0.333. The molecule has 0 aliphatic rings. The molecule has 0 unspecified atom stereocenters. The van der Waals surface area contributed by atoms with Gasteiger partial charge in [0.05, 0.1) is 0 Å². The predicted octanol–water partition coefficient (Wildman–Crippen LogP) is 1.90. The molecule has 0 saturated carbocycles. The van der Waals surface area contributed by atoms with Crippen LogP contribution in [0.3, 0.4) is 0 Å². The summed E-state index contributed by atoms with van der Waals surface area (Å²) < 4.78 is 5.45. The second-order valence-electron chi connectivity index (χ2n) is 3.60. The van der Waals surface area contributed by atoms with Crippen molar-refractivity contribution in [2.75, 3.05) is 6.54 Å². The maximum Gasteiger partial charge on any atom is 0.229 e. The van der Waals surface area contributed by atoms with Crippen molar-refractivity contribution < 1.29 is 9.21 Å². The highest BCUT2D eigenvalue weighted by Gasteiger charge is 2.09. The van der Waals surface area contributed by atoms with Crippen molar-refractivity contribution in [1.29, 1.82) is 0 Å². The van der Waals surface area contributed by atoms with Gasteiger partial charge in [-0.15, -0.1) is 0 Å². The largest absolute Gasteiger partial charge is 0.440 e. The van der Waals surface area contributed by atoms with E-state index in [0.29, 0.717) is 12.4 Å². The Bertz CT molecular complexity index is 457. The Balaban J connectivity index is 2.07. The second-order valence-corrected chi connectivity index (χ2v) is 3.60. The van der Waals surface area contributed by atoms with Crippen LogP contribution in [0.15, 0.2) is 28.7 Å². The third-order valence-corrected chi connectivity index (χ3v) is 2.22. The Morgan fingerprint density at radius 1 is 1.44 bits per heavy atom. The number of hydrogen-bond donors (Lipinski definition) is 1. The zero-order valence-corrected chi connectivity index (χ0v) is 9.19. The zero-order chi connectivity index (χ0) is 11.4. The van der Waals surface area contributed by atoms with E-state index in [2.05, 4.69) is 10.3 Å². The number of carbonyl (C=O) groups is 1. The van der Waals surface area contributed by atoms with E-state index >= 15 is 0 Å². The summed E-state index contributed by atoms with van der Waals surface area (Å²) in [5.41, 5.74) is 1.52. The van der Waals surface area contributed by atoms with Crippen LogP contribution in [0.2, 0.25) is 0 Å². The van der Waals surface area contributed by atoms with Gasteiger partial charge in [-0.25, -0.2) is 4.98 Å². The maximum absolute atomic E-state index is 11.4. The first-order valence-corrected chi connectivity index (χ1v) is 5.40. The Morgan fingerprint density at radius 3 is 3.00 bits per heavy atom. The summed E-state index contributed by atoms with van der Waals surface area (Å²) in [5, 5.41) is 2.79. The highest BCUT2D eigenvalue weighted by atomic mass is 16.3. The summed E-state index contributed by atoms with van der Waals surface area (Å²) in [6.07, 6.45) is 1.13. The van der Waals surface area contributed by atoms with E-state index in [-0.39, 0.29) is 12.3 Å². The van der Waals surface area contributed by atoms with Gasteiger partial charge in [0.15, 0.2) is 5.58 Å². The highest BCUT2D eigenvalue weighted by Crippen LogP contribution is 2.14. The molecule has 1 heterocycles. The summed E-state index contributed by atoms with van der Waals surface area (Å²) in [6, 6.07) is 7.49. The molecule has 0 spiro atoms. The molecule has 0 aliphatic carbocycles. The molecule has 1 aromatic carbocycles. The summed E-state index contributed by atoms with van der Waals surface area (Å²) >= 11 is 0. The number of hydrogen-bond acceptors (Lipinski definition) is 3. The van der Waals surface area contributed by atoms with E-state index in [0.717, 1.165) is 17.5 Å². The molecule has 1 amide bonds. The SMILES string of the molecule is CCCNC(=O)Cc1nc2ccccc2o1. The number of aromatic nitrogens is 1. The minimum Gasteiger partial charge on any atom is -0.440 e. The van der Waals surface area contributed by atoms with Crippen molar-refractivity contribution in [3.8, 4) is 0 Å². The highest BCUT2D eigenvalue weighted by molar-refractivity contribution is 5.79. The first-order chi connectivity index (χ1) is 7.79. The Labute approximate surface area is 93.7 Å². The number of nitrogens with zero attached hydrogens (tertiary/aromatic N) is 1. The average molecular weight is 218 g/mol. The molecule has 4 heteroatoms. The maximum atomic E-state index is 11.4. The van der Waals surface area contributed by atoms with Crippen molar-refractivity contribution in [1.82, 2.24) is 10.3 Å². The van der Waals surface area contributed by atoms with Crippen LogP contribution in [0, 0.1) is 0 Å². The van der Waals surface area contributed by atoms with Crippen molar-refractivity contribution in [3.63, 3.8) is 0 Å². The number of para-hydroxylation sites is 2. The Kier molecular flexibility index (Phi) is 3.19. The third kappa shape index (κ3) is 2.39. The van der Waals surface area contributed by atoms with Crippen LogP contribution in [-0.4, -0.2) is 17.4 Å². The molecule has 0 fully saturated rings. The molecule has 1 N–H and O–H groups in total. The van der Waals surface area contributed by atoms with Crippen molar-refractivity contribution in [2.24, 2.45) is 0 Å². The minimum absolute atomic E-state index is 0.0478. The summed E-state index contributed by atoms with van der Waals surface area (Å²) in [6.45, 7) is 2.71. The molecule has 1 aromatic heterocycles. The first-order valence-electron chi connectivity index (χ1n) is 5.40. The van der Waals surface area contributed by atoms with E-state index in [4.69, 9.17) is 4.42 Å². The lowest BCUT2D eigenvalue weighted by molar-refractivity contribution is -0.120. The molecule has 4 nitrogen and oxygen atoms in total. The number of fused-ring (bicyclic) bond motifs is 1. The lowest BCUT2D eigenvalue weighted by Crippen LogP contribution is -2.25. The van der Waals surface area contributed by atoms with E-state index in [9.17, 15) is 4.79 Å². The number of carbonyl (C=O) groups excluding carboxylic acids is 1. The van der Waals surface area contributed by atoms with Gasteiger partial charge in [0.2, 0.25) is 11.8 Å². The lowest BCUT2D eigenvalue weighted by Gasteiger charge is -1.99. The molecule has 0 aliphatic heterocycles. The standard InChI is InChI=1S/C12H14N2O2/c1-2-7-13-11(15)8-12-14-9-5-3-4-6-10(9)16-12/h3-6H,2,7-8H2,1H3,(H,13,15). The van der Waals surface area contributed by atoms with Crippen LogP contribution >= 0.6 is 0 Å². The molecule has 0 atom stereocenters. The van der Waals surface area contributed by atoms with Gasteiger partial charge in [0.1, 0.15) is 11.9 Å². The van der Waals surface area contributed by atoms with Gasteiger partial charge < -0.3 is 9.73 Å². The average Bonchev–Trinajstić information content (AvgIpc) is 2.68. The first kappa shape index (κ1) is 10.7. The van der Waals surface area contributed by atoms with Gasteiger partial charge in [-0.1, -0.05) is 19.1 Å². The normalized spacial score (nSPS) is 10.6. The van der Waals surface area contributed by atoms with Crippen LogP contribution in [0.5, 0.6) is 0 Å². The smallest absolute Gasteiger partial charge is 0.229 e. The van der Waals surface area contributed by atoms with Crippen molar-refractivity contribution in [3.05, 3.63) is 30.2 Å². The van der Waals surface area contributed by atoms with E-state index in [1.807, 2.05) is 31.2 Å². The van der Waals surface area contributed by atoms with Crippen LogP contribution in [-0.2, 0) is 11.2 Å². The lowest BCUT2D eigenvalue weighted by atomic mass is 10.3. The van der Waals surface area contributed by atoms with E-state index < -0.39 is 0 Å². The third-order valence-electron chi connectivity index (χ3n) is 2.22. The van der Waals surface area contributed by atoms with Gasteiger partial charge in [0, 0.05) is 6.54 Å². The number of amides is 1. The van der Waals surface area contributed by atoms with Gasteiger partial charge >= 0.3 is 0 Å². The van der Waals surface area contributed by atoms with Crippen LogP contribution in [0.1, 0.15) is 19.2 Å². The predicted molar refractivity (Wildman–Crippen MR) is 61.0 cm³/mol. The topological polar surface area (TPSA) is 55.1 Å². The van der Waals surface area contributed by atoms with E-state index in [1.165, 1.54) is 0 Å². The molecule has 2 rings (SSSR count). The molecule has 2 aromatic rings. The van der Waals surface area contributed by atoms with Crippen LogP contribution < -0.4 is 5.32 Å². The number of nitrogens with one attached hydrogen (secondary N) is 1. The quantitative estimate of drug-likeness (QED) is 0.852. The van der Waals surface area contributed by atoms with Gasteiger partial charge in [-0.3, -0.25) is 4.79 Å². The Morgan fingerprint density at radius 2 is 2.25 bits per heavy atom. The minimum atomic E-state index is -0.0478. The summed E-state index contributed by atoms with van der Waals surface area (Å²) in [4.78, 5) is 15.7. The number of benzene rings is 1. The van der Waals surface area contributed by atoms with Crippen LogP contribution in [0.25, 0.3) is 11.1 Å². The molecule has 16 heavy (non-hydrogen) atoms. The van der Waals surface area contributed by atoms with Crippen molar-refractivity contribution in [2.45, 2.75) is 19.8 Å². The second kappa shape index (κ2) is 4.79. The van der Waals surface area contributed by atoms with E-state index in [1.54, 1.807) is 0 Å². The van der Waals surface area contributed by atoms with Gasteiger partial charge in [-0.2, -0.15) is 0 Å². The van der Waals surface area contributed by atoms with Gasteiger partial charge in [-0.05, 0) is 18.6 Å². The fourth-order valence-electron chi connectivity index (χ4n) is 1.46. The number of oxazole rings is 1. The summed E-state index contributed by atoms with van der Waals surface area (Å²) in [5.74, 6) is 0.420.